The number of hydrogen-bond acceptors (Lipinski definition) is 1. The van der Waals surface area contributed by atoms with E-state index in [2.05, 4.69) is 11.9 Å². The van der Waals surface area contributed by atoms with Gasteiger partial charge in [-0.15, -0.1) is 6.58 Å². The highest BCUT2D eigenvalue weighted by Gasteiger charge is 2.03. The van der Waals surface area contributed by atoms with E-state index in [0.717, 1.165) is 0 Å². The summed E-state index contributed by atoms with van der Waals surface area (Å²) in [7, 11) is 0. The molecule has 0 saturated heterocycles. The van der Waals surface area contributed by atoms with Gasteiger partial charge in [-0.05, 0) is 18.2 Å². The third kappa shape index (κ3) is 3.51. The highest BCUT2D eigenvalue weighted by atomic mass is 35.5. The zero-order valence-corrected chi connectivity index (χ0v) is 9.30. The topological polar surface area (TPSA) is 29.1 Å². The van der Waals surface area contributed by atoms with Crippen LogP contribution in [0.2, 0.25) is 5.02 Å². The first kappa shape index (κ1) is 12.5. The molecular weight excluding hydrogens is 229 g/mol. The summed E-state index contributed by atoms with van der Waals surface area (Å²) in [5.74, 6) is -0.778. The van der Waals surface area contributed by atoms with Gasteiger partial charge >= 0.3 is 0 Å². The molecule has 84 valence electrons. The fourth-order valence-electron chi connectivity index (χ4n) is 1.06. The minimum Gasteiger partial charge on any atom is -0.349 e. The number of halogens is 2. The van der Waals surface area contributed by atoms with Gasteiger partial charge in [-0.2, -0.15) is 0 Å². The van der Waals surface area contributed by atoms with Crippen LogP contribution in [0.3, 0.4) is 0 Å². The van der Waals surface area contributed by atoms with E-state index in [1.165, 1.54) is 24.3 Å². The molecule has 0 fully saturated rings. The molecule has 0 spiro atoms. The van der Waals surface area contributed by atoms with Gasteiger partial charge in [0.2, 0.25) is 5.91 Å². The molecule has 0 aliphatic heterocycles. The molecular formula is C12H11ClFNO. The summed E-state index contributed by atoms with van der Waals surface area (Å²) in [6, 6.07) is 4.35. The summed E-state index contributed by atoms with van der Waals surface area (Å²) >= 11 is 5.78. The maximum Gasteiger partial charge on any atom is 0.244 e. The molecule has 0 radical (unpaired) electrons. The first-order valence-corrected chi connectivity index (χ1v) is 5.03. The highest BCUT2D eigenvalue weighted by molar-refractivity contribution is 6.32. The molecule has 1 aromatic carbocycles. The van der Waals surface area contributed by atoms with Crippen LogP contribution in [0.25, 0.3) is 6.08 Å². The van der Waals surface area contributed by atoms with E-state index in [0.29, 0.717) is 6.54 Å². The summed E-state index contributed by atoms with van der Waals surface area (Å²) in [6.45, 7) is 3.83. The van der Waals surface area contributed by atoms with Crippen molar-refractivity contribution >= 4 is 23.6 Å². The second-order valence-corrected chi connectivity index (χ2v) is 3.41. The van der Waals surface area contributed by atoms with Gasteiger partial charge in [0.25, 0.3) is 0 Å². The van der Waals surface area contributed by atoms with Crippen LogP contribution in [0, 0.1) is 5.82 Å². The van der Waals surface area contributed by atoms with Gasteiger partial charge in [0, 0.05) is 18.2 Å². The van der Waals surface area contributed by atoms with Gasteiger partial charge < -0.3 is 5.32 Å². The van der Waals surface area contributed by atoms with Gasteiger partial charge in [-0.3, -0.25) is 4.79 Å². The van der Waals surface area contributed by atoms with E-state index in [1.54, 1.807) is 12.1 Å². The predicted octanol–water partition coefficient (Wildman–Crippen LogP) is 2.79. The Labute approximate surface area is 98.4 Å². The molecule has 0 atom stereocenters. The van der Waals surface area contributed by atoms with Crippen molar-refractivity contribution in [2.24, 2.45) is 0 Å². The number of carbonyl (C=O) groups is 1. The van der Waals surface area contributed by atoms with E-state index < -0.39 is 5.82 Å². The Morgan fingerprint density at radius 1 is 1.56 bits per heavy atom. The molecule has 1 amide bonds. The van der Waals surface area contributed by atoms with Crippen molar-refractivity contribution in [1.29, 1.82) is 0 Å². The second kappa shape index (κ2) is 6.08. The van der Waals surface area contributed by atoms with Crippen LogP contribution in [0.15, 0.2) is 36.9 Å². The average molecular weight is 240 g/mol. The van der Waals surface area contributed by atoms with Crippen LogP contribution >= 0.6 is 11.6 Å². The lowest BCUT2D eigenvalue weighted by molar-refractivity contribution is -0.116. The van der Waals surface area contributed by atoms with Gasteiger partial charge in [0.1, 0.15) is 5.82 Å². The number of benzene rings is 1. The van der Waals surface area contributed by atoms with Crippen LogP contribution in [-0.4, -0.2) is 12.5 Å². The molecule has 1 N–H and O–H groups in total. The van der Waals surface area contributed by atoms with E-state index in [4.69, 9.17) is 11.6 Å². The maximum atomic E-state index is 13.3. The molecule has 16 heavy (non-hydrogen) atoms. The number of carbonyl (C=O) groups excluding carboxylic acids is 1. The summed E-state index contributed by atoms with van der Waals surface area (Å²) in [4.78, 5) is 11.2. The molecule has 0 aliphatic carbocycles. The summed E-state index contributed by atoms with van der Waals surface area (Å²) in [5, 5.41) is 2.80. The van der Waals surface area contributed by atoms with Gasteiger partial charge in [0.05, 0.1) is 5.02 Å². The monoisotopic (exact) mass is 239 g/mol. The van der Waals surface area contributed by atoms with E-state index >= 15 is 0 Å². The van der Waals surface area contributed by atoms with E-state index in [1.807, 2.05) is 0 Å². The Balaban J connectivity index is 2.76. The fourth-order valence-corrected chi connectivity index (χ4v) is 1.29. The Morgan fingerprint density at radius 2 is 2.31 bits per heavy atom. The number of hydrogen-bond donors (Lipinski definition) is 1. The quantitative estimate of drug-likeness (QED) is 0.635. The molecule has 0 aromatic heterocycles. The van der Waals surface area contributed by atoms with Crippen molar-refractivity contribution in [2.75, 3.05) is 6.54 Å². The standard InChI is InChI=1S/C12H11ClFNO/c1-2-8-15-12(16)7-6-9-10(13)4-3-5-11(9)14/h2-7H,1,8H2,(H,15,16). The zero-order chi connectivity index (χ0) is 12.0. The van der Waals surface area contributed by atoms with E-state index in [-0.39, 0.29) is 16.5 Å². The minimum atomic E-state index is -0.458. The first-order chi connectivity index (χ1) is 7.65. The van der Waals surface area contributed by atoms with Crippen LogP contribution in [0.5, 0.6) is 0 Å². The van der Waals surface area contributed by atoms with Crippen LogP contribution in [0.4, 0.5) is 4.39 Å². The average Bonchev–Trinajstić information content (AvgIpc) is 2.25. The second-order valence-electron chi connectivity index (χ2n) is 3.00. The smallest absolute Gasteiger partial charge is 0.244 e. The van der Waals surface area contributed by atoms with Gasteiger partial charge in [-0.25, -0.2) is 4.39 Å². The summed E-state index contributed by atoms with van der Waals surface area (Å²) < 4.78 is 13.3. The Bertz CT molecular complexity index is 409. The van der Waals surface area contributed by atoms with Crippen molar-refractivity contribution < 1.29 is 9.18 Å². The van der Waals surface area contributed by atoms with Gasteiger partial charge in [0.15, 0.2) is 0 Å². The third-order valence-corrected chi connectivity index (χ3v) is 2.15. The third-order valence-electron chi connectivity index (χ3n) is 1.82. The lowest BCUT2D eigenvalue weighted by atomic mass is 10.2. The molecule has 4 heteroatoms. The van der Waals surface area contributed by atoms with Crippen LogP contribution in [-0.2, 0) is 4.79 Å². The largest absolute Gasteiger partial charge is 0.349 e. The van der Waals surface area contributed by atoms with Crippen molar-refractivity contribution in [3.63, 3.8) is 0 Å². The molecule has 2 nitrogen and oxygen atoms in total. The zero-order valence-electron chi connectivity index (χ0n) is 8.54. The molecule has 0 unspecified atom stereocenters. The van der Waals surface area contributed by atoms with E-state index in [9.17, 15) is 9.18 Å². The first-order valence-electron chi connectivity index (χ1n) is 4.66. The Morgan fingerprint density at radius 3 is 2.94 bits per heavy atom. The molecule has 0 heterocycles. The Kier molecular flexibility index (Phi) is 4.73. The molecule has 1 rings (SSSR count). The van der Waals surface area contributed by atoms with Crippen LogP contribution < -0.4 is 5.32 Å². The Hall–Kier alpha value is -1.61. The summed E-state index contributed by atoms with van der Waals surface area (Å²) in [5.41, 5.74) is 0.206. The minimum absolute atomic E-state index is 0.206. The molecule has 0 bridgehead atoms. The highest BCUT2D eigenvalue weighted by Crippen LogP contribution is 2.19. The fraction of sp³-hybridized carbons (Fsp3) is 0.0833. The predicted molar refractivity (Wildman–Crippen MR) is 63.7 cm³/mol. The van der Waals surface area contributed by atoms with Crippen molar-refractivity contribution in [3.8, 4) is 0 Å². The SMILES string of the molecule is C=CCNC(=O)C=Cc1c(F)cccc1Cl. The molecule has 0 aliphatic rings. The van der Waals surface area contributed by atoms with Gasteiger partial charge in [-0.1, -0.05) is 23.7 Å². The number of nitrogens with one attached hydrogen (secondary N) is 1. The lowest BCUT2D eigenvalue weighted by Gasteiger charge is -1.99. The number of amides is 1. The molecule has 1 aromatic rings. The summed E-state index contributed by atoms with van der Waals surface area (Å²) in [6.07, 6.45) is 4.13. The lowest BCUT2D eigenvalue weighted by Crippen LogP contribution is -2.20. The normalized spacial score (nSPS) is 10.4. The van der Waals surface area contributed by atoms with Crippen molar-refractivity contribution in [3.05, 3.63) is 53.3 Å². The number of rotatable bonds is 4. The van der Waals surface area contributed by atoms with Crippen LogP contribution in [0.1, 0.15) is 5.56 Å². The van der Waals surface area contributed by atoms with Crippen molar-refractivity contribution in [1.82, 2.24) is 5.32 Å². The molecule has 0 saturated carbocycles. The van der Waals surface area contributed by atoms with Crippen molar-refractivity contribution in [2.45, 2.75) is 0 Å². The maximum absolute atomic E-state index is 13.3.